The maximum atomic E-state index is 12.4. The highest BCUT2D eigenvalue weighted by molar-refractivity contribution is 5.68. The number of amides is 1. The van der Waals surface area contributed by atoms with E-state index in [1.807, 2.05) is 0 Å². The average Bonchev–Trinajstić information content (AvgIpc) is 2.86. The van der Waals surface area contributed by atoms with Crippen LogP contribution in [0.3, 0.4) is 0 Å². The van der Waals surface area contributed by atoms with E-state index in [1.165, 1.54) is 4.90 Å². The van der Waals surface area contributed by atoms with E-state index < -0.39 is 23.7 Å². The van der Waals surface area contributed by atoms with Gasteiger partial charge in [-0.25, -0.2) is 4.79 Å². The van der Waals surface area contributed by atoms with Crippen molar-refractivity contribution in [1.82, 2.24) is 15.0 Å². The highest BCUT2D eigenvalue weighted by Crippen LogP contribution is 2.31. The molecular formula is C13H18F3N3O3. The molecule has 0 aliphatic carbocycles. The lowest BCUT2D eigenvalue weighted by molar-refractivity contribution is -0.146. The fraction of sp³-hybridized carbons (Fsp3) is 0.769. The summed E-state index contributed by atoms with van der Waals surface area (Å²) < 4.78 is 47.3. The van der Waals surface area contributed by atoms with Gasteiger partial charge in [-0.1, -0.05) is 5.16 Å². The van der Waals surface area contributed by atoms with Crippen LogP contribution in [0.5, 0.6) is 0 Å². The lowest BCUT2D eigenvalue weighted by atomic mass is 9.97. The van der Waals surface area contributed by atoms with E-state index in [9.17, 15) is 18.0 Å². The van der Waals surface area contributed by atoms with Crippen LogP contribution in [0.2, 0.25) is 0 Å². The summed E-state index contributed by atoms with van der Waals surface area (Å²) in [6, 6.07) is 0. The van der Waals surface area contributed by atoms with Crippen LogP contribution < -0.4 is 0 Å². The molecule has 0 saturated carbocycles. The van der Waals surface area contributed by atoms with Crippen LogP contribution in [0.4, 0.5) is 18.0 Å². The van der Waals surface area contributed by atoms with Gasteiger partial charge >= 0.3 is 12.3 Å². The summed E-state index contributed by atoms with van der Waals surface area (Å²) in [5, 5.41) is 2.95. The zero-order chi connectivity index (χ0) is 16.5. The predicted molar refractivity (Wildman–Crippen MR) is 69.1 cm³/mol. The zero-order valence-corrected chi connectivity index (χ0v) is 12.6. The van der Waals surface area contributed by atoms with Crippen LogP contribution in [0.25, 0.3) is 0 Å². The van der Waals surface area contributed by atoms with Crippen LogP contribution in [-0.4, -0.2) is 39.8 Å². The smallest absolute Gasteiger partial charge is 0.444 e. The van der Waals surface area contributed by atoms with Crippen LogP contribution in [0.15, 0.2) is 4.52 Å². The molecule has 1 aliphatic heterocycles. The van der Waals surface area contributed by atoms with Gasteiger partial charge in [-0.3, -0.25) is 0 Å². The third-order valence-electron chi connectivity index (χ3n) is 3.19. The first-order valence-electron chi connectivity index (χ1n) is 6.95. The van der Waals surface area contributed by atoms with E-state index in [-0.39, 0.29) is 11.8 Å². The number of likely N-dealkylation sites (tertiary alicyclic amines) is 1. The predicted octanol–water partition coefficient (Wildman–Crippen LogP) is 3.20. The van der Waals surface area contributed by atoms with Crippen molar-refractivity contribution in [1.29, 1.82) is 0 Å². The van der Waals surface area contributed by atoms with Crippen molar-refractivity contribution >= 4 is 6.09 Å². The Morgan fingerprint density at radius 2 is 1.86 bits per heavy atom. The molecule has 1 fully saturated rings. The molecule has 2 heterocycles. The normalized spacial score (nSPS) is 17.6. The van der Waals surface area contributed by atoms with Gasteiger partial charge in [-0.05, 0) is 33.6 Å². The Hall–Kier alpha value is -1.80. The van der Waals surface area contributed by atoms with Gasteiger partial charge < -0.3 is 14.2 Å². The van der Waals surface area contributed by atoms with Gasteiger partial charge in [0.25, 0.3) is 5.82 Å². The van der Waals surface area contributed by atoms with E-state index in [4.69, 9.17) is 9.26 Å². The monoisotopic (exact) mass is 321 g/mol. The van der Waals surface area contributed by atoms with Crippen molar-refractivity contribution < 1.29 is 27.2 Å². The Morgan fingerprint density at radius 1 is 1.27 bits per heavy atom. The SMILES string of the molecule is CC(C)(C)OC(=O)N1CCC(c2nc(C(F)(F)F)no2)CC1. The van der Waals surface area contributed by atoms with Gasteiger partial charge in [0.15, 0.2) is 0 Å². The molecule has 0 aromatic carbocycles. The van der Waals surface area contributed by atoms with E-state index >= 15 is 0 Å². The summed E-state index contributed by atoms with van der Waals surface area (Å²) in [5.74, 6) is -1.57. The van der Waals surface area contributed by atoms with Gasteiger partial charge in [0.2, 0.25) is 5.89 Å². The van der Waals surface area contributed by atoms with E-state index in [0.29, 0.717) is 25.9 Å². The molecule has 2 rings (SSSR count). The van der Waals surface area contributed by atoms with E-state index in [0.717, 1.165) is 0 Å². The van der Waals surface area contributed by atoms with Crippen LogP contribution >= 0.6 is 0 Å². The maximum absolute atomic E-state index is 12.4. The van der Waals surface area contributed by atoms with Crippen molar-refractivity contribution in [2.24, 2.45) is 0 Å². The Balaban J connectivity index is 1.92. The molecule has 0 spiro atoms. The minimum atomic E-state index is -4.61. The zero-order valence-electron chi connectivity index (χ0n) is 12.6. The molecule has 0 bridgehead atoms. The molecular weight excluding hydrogens is 303 g/mol. The number of hydrogen-bond acceptors (Lipinski definition) is 5. The van der Waals surface area contributed by atoms with Gasteiger partial charge in [0.05, 0.1) is 0 Å². The molecule has 0 radical (unpaired) electrons. The fourth-order valence-corrected chi connectivity index (χ4v) is 2.15. The lowest BCUT2D eigenvalue weighted by Gasteiger charge is -2.32. The number of alkyl halides is 3. The number of nitrogens with zero attached hydrogens (tertiary/aromatic N) is 3. The molecule has 6 nitrogen and oxygen atoms in total. The molecule has 124 valence electrons. The summed E-state index contributed by atoms with van der Waals surface area (Å²) >= 11 is 0. The molecule has 9 heteroatoms. The first kappa shape index (κ1) is 16.6. The Bertz CT molecular complexity index is 529. The van der Waals surface area contributed by atoms with Gasteiger partial charge in [-0.15, -0.1) is 0 Å². The summed E-state index contributed by atoms with van der Waals surface area (Å²) in [7, 11) is 0. The highest BCUT2D eigenvalue weighted by Gasteiger charge is 2.38. The van der Waals surface area contributed by atoms with E-state index in [2.05, 4.69) is 10.1 Å². The summed E-state index contributed by atoms with van der Waals surface area (Å²) in [4.78, 5) is 16.8. The van der Waals surface area contributed by atoms with Crippen LogP contribution in [-0.2, 0) is 10.9 Å². The highest BCUT2D eigenvalue weighted by atomic mass is 19.4. The molecule has 1 amide bonds. The van der Waals surface area contributed by atoms with Gasteiger partial charge in [0.1, 0.15) is 5.60 Å². The van der Waals surface area contributed by atoms with Crippen molar-refractivity contribution in [3.63, 3.8) is 0 Å². The van der Waals surface area contributed by atoms with Crippen LogP contribution in [0.1, 0.15) is 51.2 Å². The molecule has 1 aromatic heterocycles. The standard InChI is InChI=1S/C13H18F3N3O3/c1-12(2,3)21-11(20)19-6-4-8(5-7-19)9-17-10(18-22-9)13(14,15)16/h8H,4-7H2,1-3H3. The minimum Gasteiger partial charge on any atom is -0.444 e. The van der Waals surface area contributed by atoms with Crippen molar-refractivity contribution in [2.75, 3.05) is 13.1 Å². The quantitative estimate of drug-likeness (QED) is 0.794. The first-order chi connectivity index (χ1) is 10.1. The minimum absolute atomic E-state index is 0.0313. The molecule has 1 aromatic rings. The molecule has 1 aliphatic rings. The Kier molecular flexibility index (Phi) is 4.35. The van der Waals surface area contributed by atoms with E-state index in [1.54, 1.807) is 20.8 Å². The number of ether oxygens (including phenoxy) is 1. The maximum Gasteiger partial charge on any atom is 0.455 e. The summed E-state index contributed by atoms with van der Waals surface area (Å²) in [6.07, 6.45) is -4.12. The summed E-state index contributed by atoms with van der Waals surface area (Å²) in [6.45, 7) is 6.07. The largest absolute Gasteiger partial charge is 0.455 e. The van der Waals surface area contributed by atoms with Crippen LogP contribution in [0, 0.1) is 0 Å². The number of rotatable bonds is 1. The van der Waals surface area contributed by atoms with Gasteiger partial charge in [0, 0.05) is 19.0 Å². The number of carbonyl (C=O) groups excluding carboxylic acids is 1. The molecule has 22 heavy (non-hydrogen) atoms. The van der Waals surface area contributed by atoms with Crippen molar-refractivity contribution in [2.45, 2.75) is 51.3 Å². The number of aromatic nitrogens is 2. The lowest BCUT2D eigenvalue weighted by Crippen LogP contribution is -2.41. The number of hydrogen-bond donors (Lipinski definition) is 0. The third kappa shape index (κ3) is 4.11. The average molecular weight is 321 g/mol. The summed E-state index contributed by atoms with van der Waals surface area (Å²) in [5.41, 5.74) is -0.581. The Morgan fingerprint density at radius 3 is 2.32 bits per heavy atom. The second-order valence-electron chi connectivity index (χ2n) is 6.20. The molecule has 0 N–H and O–H groups in total. The second kappa shape index (κ2) is 5.77. The third-order valence-corrected chi connectivity index (χ3v) is 3.19. The van der Waals surface area contributed by atoms with Gasteiger partial charge in [-0.2, -0.15) is 18.2 Å². The van der Waals surface area contributed by atoms with Crippen molar-refractivity contribution in [3.8, 4) is 0 Å². The fourth-order valence-electron chi connectivity index (χ4n) is 2.15. The topological polar surface area (TPSA) is 68.5 Å². The first-order valence-corrected chi connectivity index (χ1v) is 6.95. The number of halogens is 3. The van der Waals surface area contributed by atoms with Crippen molar-refractivity contribution in [3.05, 3.63) is 11.7 Å². The molecule has 1 saturated heterocycles. The molecule has 0 unspecified atom stereocenters. The number of piperidine rings is 1. The second-order valence-corrected chi connectivity index (χ2v) is 6.20. The Labute approximate surface area is 125 Å². The number of carbonyl (C=O) groups is 1. The molecule has 0 atom stereocenters.